The Labute approximate surface area is 132 Å². The molecule has 0 atom stereocenters. The van der Waals surface area contributed by atoms with Crippen molar-refractivity contribution >= 4 is 11.9 Å². The van der Waals surface area contributed by atoms with Gasteiger partial charge in [-0.05, 0) is 29.3 Å². The normalized spacial score (nSPS) is 10.2. The molecule has 0 radical (unpaired) electrons. The Bertz CT molecular complexity index is 730. The average Bonchev–Trinajstić information content (AvgIpc) is 2.54. The lowest BCUT2D eigenvalue weighted by molar-refractivity contribution is -0.120. The number of methoxy groups -OCH3 is 1. The van der Waals surface area contributed by atoms with Crippen LogP contribution in [0.3, 0.4) is 0 Å². The molecule has 1 amide bonds. The summed E-state index contributed by atoms with van der Waals surface area (Å²) in [5, 5.41) is 11.8. The topological polar surface area (TPSA) is 75.6 Å². The highest BCUT2D eigenvalue weighted by Gasteiger charge is 2.12. The Morgan fingerprint density at radius 3 is 2.61 bits per heavy atom. The molecule has 0 heterocycles. The molecule has 2 aromatic carbocycles. The predicted molar refractivity (Wildman–Crippen MR) is 81.9 cm³/mol. The van der Waals surface area contributed by atoms with Gasteiger partial charge in [0.1, 0.15) is 17.1 Å². The summed E-state index contributed by atoms with van der Waals surface area (Å²) in [5.41, 5.74) is 0.949. The Morgan fingerprint density at radius 1 is 1.22 bits per heavy atom. The minimum Gasteiger partial charge on any atom is -0.496 e. The quantitative estimate of drug-likeness (QED) is 0.858. The Kier molecular flexibility index (Phi) is 5.30. The Hall–Kier alpha value is -2.89. The number of rotatable bonds is 6. The molecular weight excluding hydrogens is 301 g/mol. The monoisotopic (exact) mass is 317 g/mol. The van der Waals surface area contributed by atoms with Crippen LogP contribution in [0.25, 0.3) is 0 Å². The second-order valence-electron chi connectivity index (χ2n) is 4.88. The van der Waals surface area contributed by atoms with Crippen molar-refractivity contribution in [3.05, 3.63) is 65.0 Å². The molecule has 5 nitrogen and oxygen atoms in total. The highest BCUT2D eigenvalue weighted by atomic mass is 19.1. The first kappa shape index (κ1) is 16.5. The van der Waals surface area contributed by atoms with Gasteiger partial charge in [0.15, 0.2) is 0 Å². The van der Waals surface area contributed by atoms with Crippen molar-refractivity contribution < 1.29 is 23.8 Å². The van der Waals surface area contributed by atoms with Crippen LogP contribution in [0.5, 0.6) is 5.75 Å². The Balaban J connectivity index is 2.00. The minimum absolute atomic E-state index is 0.0216. The summed E-state index contributed by atoms with van der Waals surface area (Å²) in [5.74, 6) is -1.64. The first-order valence-corrected chi connectivity index (χ1v) is 6.91. The van der Waals surface area contributed by atoms with E-state index in [9.17, 15) is 14.0 Å². The van der Waals surface area contributed by atoms with Gasteiger partial charge in [-0.25, -0.2) is 9.18 Å². The number of hydrogen-bond donors (Lipinski definition) is 2. The van der Waals surface area contributed by atoms with E-state index in [1.807, 2.05) is 0 Å². The summed E-state index contributed by atoms with van der Waals surface area (Å²) in [6, 6.07) is 10.7. The highest BCUT2D eigenvalue weighted by molar-refractivity contribution is 5.91. The van der Waals surface area contributed by atoms with Gasteiger partial charge in [0, 0.05) is 6.54 Å². The third-order valence-electron chi connectivity index (χ3n) is 3.29. The lowest BCUT2D eigenvalue weighted by Gasteiger charge is -2.09. The zero-order chi connectivity index (χ0) is 16.8. The van der Waals surface area contributed by atoms with Gasteiger partial charge in [-0.1, -0.05) is 24.3 Å². The summed E-state index contributed by atoms with van der Waals surface area (Å²) in [6.07, 6.45) is -0.0748. The second kappa shape index (κ2) is 7.40. The number of amides is 1. The van der Waals surface area contributed by atoms with Gasteiger partial charge in [0.05, 0.1) is 13.5 Å². The summed E-state index contributed by atoms with van der Waals surface area (Å²) < 4.78 is 18.4. The molecule has 120 valence electrons. The van der Waals surface area contributed by atoms with Gasteiger partial charge in [0.2, 0.25) is 5.91 Å². The van der Waals surface area contributed by atoms with E-state index in [-0.39, 0.29) is 30.2 Å². The third kappa shape index (κ3) is 4.29. The molecular formula is C17H16FNO4. The largest absolute Gasteiger partial charge is 0.496 e. The molecule has 0 aliphatic carbocycles. The van der Waals surface area contributed by atoms with E-state index in [2.05, 4.69) is 5.32 Å². The smallest absolute Gasteiger partial charge is 0.339 e. The summed E-state index contributed by atoms with van der Waals surface area (Å²) in [7, 11) is 1.39. The molecule has 0 fully saturated rings. The summed E-state index contributed by atoms with van der Waals surface area (Å²) in [6.45, 7) is 0.150. The van der Waals surface area contributed by atoms with Crippen LogP contribution in [-0.2, 0) is 17.8 Å². The van der Waals surface area contributed by atoms with Crippen LogP contribution >= 0.6 is 0 Å². The first-order chi connectivity index (χ1) is 11.0. The molecule has 2 N–H and O–H groups in total. The van der Waals surface area contributed by atoms with E-state index >= 15 is 0 Å². The van der Waals surface area contributed by atoms with Crippen molar-refractivity contribution in [2.75, 3.05) is 7.11 Å². The number of ether oxygens (including phenoxy) is 1. The van der Waals surface area contributed by atoms with E-state index < -0.39 is 11.8 Å². The predicted octanol–water partition coefficient (Wildman–Crippen LogP) is 2.39. The maximum atomic E-state index is 13.5. The molecule has 2 aromatic rings. The zero-order valence-electron chi connectivity index (χ0n) is 12.5. The number of carboxylic acid groups (broad SMARTS) is 1. The molecule has 0 aromatic heterocycles. The number of carbonyl (C=O) groups excluding carboxylic acids is 1. The van der Waals surface area contributed by atoms with Gasteiger partial charge in [0.25, 0.3) is 0 Å². The van der Waals surface area contributed by atoms with Gasteiger partial charge in [-0.15, -0.1) is 0 Å². The lowest BCUT2D eigenvalue weighted by atomic mass is 10.1. The van der Waals surface area contributed by atoms with Gasteiger partial charge in [-0.3, -0.25) is 4.79 Å². The fourth-order valence-corrected chi connectivity index (χ4v) is 2.11. The molecule has 0 unspecified atom stereocenters. The standard InChI is InChI=1S/C17H16FNO4/c1-23-15-7-6-11(8-13(15)17(21)22)10-19-16(20)9-12-4-2-3-5-14(12)18/h2-8H,9-10H2,1H3,(H,19,20)(H,21,22). The molecule has 0 aliphatic heterocycles. The maximum absolute atomic E-state index is 13.5. The number of nitrogens with one attached hydrogen (secondary N) is 1. The van der Waals surface area contributed by atoms with Crippen LogP contribution in [0.1, 0.15) is 21.5 Å². The van der Waals surface area contributed by atoms with Gasteiger partial charge < -0.3 is 15.2 Å². The van der Waals surface area contributed by atoms with Crippen molar-refractivity contribution in [2.24, 2.45) is 0 Å². The van der Waals surface area contributed by atoms with Crippen molar-refractivity contribution in [3.63, 3.8) is 0 Å². The number of aromatic carboxylic acids is 1. The van der Waals surface area contributed by atoms with Crippen molar-refractivity contribution in [3.8, 4) is 5.75 Å². The van der Waals surface area contributed by atoms with Crippen molar-refractivity contribution in [2.45, 2.75) is 13.0 Å². The summed E-state index contributed by atoms with van der Waals surface area (Å²) in [4.78, 5) is 23.0. The molecule has 0 saturated heterocycles. The maximum Gasteiger partial charge on any atom is 0.339 e. The number of hydrogen-bond acceptors (Lipinski definition) is 3. The van der Waals surface area contributed by atoms with Crippen LogP contribution in [0, 0.1) is 5.82 Å². The van der Waals surface area contributed by atoms with E-state index in [0.29, 0.717) is 11.1 Å². The van der Waals surface area contributed by atoms with Gasteiger partial charge in [-0.2, -0.15) is 0 Å². The number of benzene rings is 2. The van der Waals surface area contributed by atoms with Crippen LogP contribution in [0.15, 0.2) is 42.5 Å². The molecule has 0 bridgehead atoms. The molecule has 0 spiro atoms. The van der Waals surface area contributed by atoms with Crippen LogP contribution in [-0.4, -0.2) is 24.1 Å². The molecule has 23 heavy (non-hydrogen) atoms. The molecule has 0 saturated carbocycles. The van der Waals surface area contributed by atoms with Gasteiger partial charge >= 0.3 is 5.97 Å². The SMILES string of the molecule is COc1ccc(CNC(=O)Cc2ccccc2F)cc1C(=O)O. The first-order valence-electron chi connectivity index (χ1n) is 6.91. The van der Waals surface area contributed by atoms with E-state index in [1.54, 1.807) is 24.3 Å². The van der Waals surface area contributed by atoms with Crippen LogP contribution in [0.2, 0.25) is 0 Å². The second-order valence-corrected chi connectivity index (χ2v) is 4.88. The number of carbonyl (C=O) groups is 2. The van der Waals surface area contributed by atoms with Crippen LogP contribution < -0.4 is 10.1 Å². The van der Waals surface area contributed by atoms with Crippen molar-refractivity contribution in [1.82, 2.24) is 5.32 Å². The Morgan fingerprint density at radius 2 is 1.96 bits per heavy atom. The molecule has 2 rings (SSSR count). The fraction of sp³-hybridized carbons (Fsp3) is 0.176. The van der Waals surface area contributed by atoms with E-state index in [1.165, 1.54) is 25.3 Å². The summed E-state index contributed by atoms with van der Waals surface area (Å²) >= 11 is 0. The van der Waals surface area contributed by atoms with Crippen molar-refractivity contribution in [1.29, 1.82) is 0 Å². The lowest BCUT2D eigenvalue weighted by Crippen LogP contribution is -2.25. The molecule has 6 heteroatoms. The average molecular weight is 317 g/mol. The van der Waals surface area contributed by atoms with Crippen LogP contribution in [0.4, 0.5) is 4.39 Å². The highest BCUT2D eigenvalue weighted by Crippen LogP contribution is 2.19. The fourth-order valence-electron chi connectivity index (χ4n) is 2.11. The molecule has 0 aliphatic rings. The van der Waals surface area contributed by atoms with E-state index in [0.717, 1.165) is 0 Å². The van der Waals surface area contributed by atoms with E-state index in [4.69, 9.17) is 9.84 Å². The number of carboxylic acids is 1. The minimum atomic E-state index is -1.11. The zero-order valence-corrected chi connectivity index (χ0v) is 12.5. The third-order valence-corrected chi connectivity index (χ3v) is 3.29. The number of halogens is 1.